The molecule has 3 heterocycles. The second-order valence-electron chi connectivity index (χ2n) is 5.50. The summed E-state index contributed by atoms with van der Waals surface area (Å²) in [5.74, 6) is 0.374. The van der Waals surface area contributed by atoms with E-state index < -0.39 is 11.9 Å². The van der Waals surface area contributed by atoms with Gasteiger partial charge >= 0.3 is 0 Å². The number of aryl methyl sites for hydroxylation is 1. The lowest BCUT2D eigenvalue weighted by Crippen LogP contribution is -2.47. The molecule has 2 aromatic rings. The zero-order valence-electron chi connectivity index (χ0n) is 13.0. The Bertz CT molecular complexity index is 636. The highest BCUT2D eigenvalue weighted by molar-refractivity contribution is 5.43. The van der Waals surface area contributed by atoms with Crippen LogP contribution < -0.4 is 4.90 Å². The van der Waals surface area contributed by atoms with Gasteiger partial charge in [0.05, 0.1) is 31.2 Å². The molecule has 1 aliphatic heterocycles. The van der Waals surface area contributed by atoms with Crippen molar-refractivity contribution in [2.45, 2.75) is 31.9 Å². The molecule has 1 aliphatic rings. The standard InChI is InChI=1S/C16H20FN3O3/c1-2-12-15(17)16(19-10-18-12)20-5-7-22-9-11(20)8-13(21)14-4-3-6-23-14/h3-4,6,10-11,13,21H,2,5,7-9H2,1H3. The first-order chi connectivity index (χ1) is 11.2. The lowest BCUT2D eigenvalue weighted by atomic mass is 10.1. The van der Waals surface area contributed by atoms with Crippen LogP contribution in [0.4, 0.5) is 10.2 Å². The van der Waals surface area contributed by atoms with Crippen molar-refractivity contribution in [1.82, 2.24) is 9.97 Å². The number of aliphatic hydroxyl groups is 1. The fraction of sp³-hybridized carbons (Fsp3) is 0.500. The number of halogens is 1. The summed E-state index contributed by atoms with van der Waals surface area (Å²) in [6.45, 7) is 3.28. The van der Waals surface area contributed by atoms with Crippen LogP contribution in [0.2, 0.25) is 0 Å². The van der Waals surface area contributed by atoms with Gasteiger partial charge < -0.3 is 19.2 Å². The van der Waals surface area contributed by atoms with Gasteiger partial charge in [-0.3, -0.25) is 0 Å². The van der Waals surface area contributed by atoms with Crippen molar-refractivity contribution in [3.8, 4) is 0 Å². The van der Waals surface area contributed by atoms with Crippen molar-refractivity contribution in [2.75, 3.05) is 24.7 Å². The third-order valence-corrected chi connectivity index (χ3v) is 4.04. The van der Waals surface area contributed by atoms with Gasteiger partial charge in [-0.2, -0.15) is 0 Å². The SMILES string of the molecule is CCc1ncnc(N2CCOCC2CC(O)c2ccco2)c1F. The zero-order valence-corrected chi connectivity index (χ0v) is 13.0. The van der Waals surface area contributed by atoms with Crippen LogP contribution in [0.5, 0.6) is 0 Å². The number of aromatic nitrogens is 2. The summed E-state index contributed by atoms with van der Waals surface area (Å²) in [6.07, 6.45) is 3.01. The van der Waals surface area contributed by atoms with Crippen LogP contribution in [0, 0.1) is 5.82 Å². The molecular formula is C16H20FN3O3. The third-order valence-electron chi connectivity index (χ3n) is 4.04. The highest BCUT2D eigenvalue weighted by Crippen LogP contribution is 2.28. The highest BCUT2D eigenvalue weighted by atomic mass is 19.1. The van der Waals surface area contributed by atoms with Gasteiger partial charge in [-0.25, -0.2) is 14.4 Å². The van der Waals surface area contributed by atoms with Gasteiger partial charge in [0, 0.05) is 13.0 Å². The average molecular weight is 321 g/mol. The summed E-state index contributed by atoms with van der Waals surface area (Å²) in [5.41, 5.74) is 0.395. The van der Waals surface area contributed by atoms with Crippen molar-refractivity contribution in [2.24, 2.45) is 0 Å². The predicted octanol–water partition coefficient (Wildman–Crippen LogP) is 2.10. The van der Waals surface area contributed by atoms with Gasteiger partial charge in [0.1, 0.15) is 18.2 Å². The van der Waals surface area contributed by atoms with Gasteiger partial charge in [-0.1, -0.05) is 6.92 Å². The molecule has 1 N–H and O–H groups in total. The average Bonchev–Trinajstić information content (AvgIpc) is 3.10. The van der Waals surface area contributed by atoms with E-state index >= 15 is 0 Å². The number of aliphatic hydroxyl groups excluding tert-OH is 1. The summed E-state index contributed by atoms with van der Waals surface area (Å²) in [6, 6.07) is 3.27. The minimum atomic E-state index is -0.769. The molecule has 1 saturated heterocycles. The Kier molecular flexibility index (Phi) is 4.88. The van der Waals surface area contributed by atoms with Gasteiger partial charge in [-0.05, 0) is 18.6 Å². The van der Waals surface area contributed by atoms with E-state index in [1.54, 1.807) is 12.1 Å². The molecule has 23 heavy (non-hydrogen) atoms. The van der Waals surface area contributed by atoms with Crippen molar-refractivity contribution < 1.29 is 18.7 Å². The summed E-state index contributed by atoms with van der Waals surface area (Å²) in [7, 11) is 0. The first-order valence-corrected chi connectivity index (χ1v) is 7.76. The fourth-order valence-corrected chi connectivity index (χ4v) is 2.83. The van der Waals surface area contributed by atoms with Crippen LogP contribution in [0.1, 0.15) is 30.9 Å². The molecular weight excluding hydrogens is 301 g/mol. The predicted molar refractivity (Wildman–Crippen MR) is 81.6 cm³/mol. The number of hydrogen-bond donors (Lipinski definition) is 1. The lowest BCUT2D eigenvalue weighted by Gasteiger charge is -2.37. The molecule has 2 unspecified atom stereocenters. The molecule has 0 radical (unpaired) electrons. The van der Waals surface area contributed by atoms with E-state index in [1.165, 1.54) is 12.6 Å². The number of morpholine rings is 1. The molecule has 2 atom stereocenters. The van der Waals surface area contributed by atoms with Crippen molar-refractivity contribution in [3.63, 3.8) is 0 Å². The minimum absolute atomic E-state index is 0.182. The Labute approximate surface area is 133 Å². The van der Waals surface area contributed by atoms with Crippen LogP contribution in [0.3, 0.4) is 0 Å². The van der Waals surface area contributed by atoms with Crippen molar-refractivity contribution in [1.29, 1.82) is 0 Å². The van der Waals surface area contributed by atoms with Gasteiger partial charge in [0.2, 0.25) is 0 Å². The van der Waals surface area contributed by atoms with Gasteiger partial charge in [0.15, 0.2) is 11.6 Å². The second kappa shape index (κ2) is 7.06. The van der Waals surface area contributed by atoms with Crippen LogP contribution >= 0.6 is 0 Å². The Hall–Kier alpha value is -1.99. The maximum atomic E-state index is 14.6. The number of anilines is 1. The molecule has 0 bridgehead atoms. The molecule has 2 aromatic heterocycles. The topological polar surface area (TPSA) is 71.6 Å². The van der Waals surface area contributed by atoms with Crippen LogP contribution in [-0.4, -0.2) is 40.9 Å². The summed E-state index contributed by atoms with van der Waals surface area (Å²) in [5, 5.41) is 10.3. The van der Waals surface area contributed by atoms with Crippen molar-refractivity contribution in [3.05, 3.63) is 42.0 Å². The van der Waals surface area contributed by atoms with E-state index in [9.17, 15) is 9.50 Å². The lowest BCUT2D eigenvalue weighted by molar-refractivity contribution is 0.0612. The van der Waals surface area contributed by atoms with E-state index in [0.717, 1.165) is 0 Å². The van der Waals surface area contributed by atoms with E-state index in [1.807, 2.05) is 11.8 Å². The van der Waals surface area contributed by atoms with Gasteiger partial charge in [0.25, 0.3) is 0 Å². The number of hydrogen-bond acceptors (Lipinski definition) is 6. The molecule has 6 nitrogen and oxygen atoms in total. The largest absolute Gasteiger partial charge is 0.467 e. The third kappa shape index (κ3) is 3.35. The number of nitrogens with zero attached hydrogens (tertiary/aromatic N) is 3. The molecule has 0 saturated carbocycles. The van der Waals surface area contributed by atoms with Crippen LogP contribution in [0.15, 0.2) is 29.1 Å². The molecule has 7 heteroatoms. The Morgan fingerprint density at radius 1 is 1.48 bits per heavy atom. The monoisotopic (exact) mass is 321 g/mol. The Morgan fingerprint density at radius 3 is 3.09 bits per heavy atom. The van der Waals surface area contributed by atoms with Crippen LogP contribution in [0.25, 0.3) is 0 Å². The molecule has 1 fully saturated rings. The van der Waals surface area contributed by atoms with Crippen molar-refractivity contribution >= 4 is 5.82 Å². The van der Waals surface area contributed by atoms with E-state index in [-0.39, 0.29) is 11.9 Å². The molecule has 3 rings (SSSR count). The van der Waals surface area contributed by atoms with E-state index in [4.69, 9.17) is 9.15 Å². The van der Waals surface area contributed by atoms with Crippen LogP contribution in [-0.2, 0) is 11.2 Å². The normalized spacial score (nSPS) is 19.8. The molecule has 0 aromatic carbocycles. The van der Waals surface area contributed by atoms with E-state index in [2.05, 4.69) is 9.97 Å². The first kappa shape index (κ1) is 15.9. The number of ether oxygens (including phenoxy) is 1. The molecule has 124 valence electrons. The number of furan rings is 1. The quantitative estimate of drug-likeness (QED) is 0.909. The molecule has 0 amide bonds. The minimum Gasteiger partial charge on any atom is -0.467 e. The molecule has 0 aliphatic carbocycles. The first-order valence-electron chi connectivity index (χ1n) is 7.76. The fourth-order valence-electron chi connectivity index (χ4n) is 2.83. The summed E-state index contributed by atoms with van der Waals surface area (Å²) < 4.78 is 25.3. The molecule has 0 spiro atoms. The summed E-state index contributed by atoms with van der Waals surface area (Å²) >= 11 is 0. The Balaban J connectivity index is 1.81. The van der Waals surface area contributed by atoms with E-state index in [0.29, 0.717) is 44.1 Å². The second-order valence-corrected chi connectivity index (χ2v) is 5.50. The maximum Gasteiger partial charge on any atom is 0.187 e. The summed E-state index contributed by atoms with van der Waals surface area (Å²) in [4.78, 5) is 9.93. The zero-order chi connectivity index (χ0) is 16.2. The number of rotatable bonds is 5. The van der Waals surface area contributed by atoms with Gasteiger partial charge in [-0.15, -0.1) is 0 Å². The highest BCUT2D eigenvalue weighted by Gasteiger charge is 2.30. The smallest absolute Gasteiger partial charge is 0.187 e. The Morgan fingerprint density at radius 2 is 2.35 bits per heavy atom. The maximum absolute atomic E-state index is 14.6.